The summed E-state index contributed by atoms with van der Waals surface area (Å²) in [4.78, 5) is 13.4. The van der Waals surface area contributed by atoms with Gasteiger partial charge in [-0.05, 0) is 34.3 Å². The Morgan fingerprint density at radius 2 is 1.48 bits per heavy atom. The van der Waals surface area contributed by atoms with Crippen LogP contribution >= 0.6 is 0 Å². The molecule has 2 rings (SSSR count). The van der Waals surface area contributed by atoms with Crippen LogP contribution in [0, 0.1) is 0 Å². The van der Waals surface area contributed by atoms with Gasteiger partial charge >= 0.3 is 0 Å². The van der Waals surface area contributed by atoms with E-state index in [0.717, 1.165) is 64.0 Å². The minimum atomic E-state index is 0.691. The maximum Gasteiger partial charge on any atom is 0.152 e. The predicted molar refractivity (Wildman–Crippen MR) is 112 cm³/mol. The number of pyridine rings is 1. The molecule has 0 spiro atoms. The van der Waals surface area contributed by atoms with E-state index in [1.807, 2.05) is 6.07 Å². The molecule has 0 saturated heterocycles. The highest BCUT2D eigenvalue weighted by atomic mass is 16.5. The standard InChI is InChI=1S/C19H36N6O2/c1-22(2)7-11-26-13-9-24-5-6-25(10-14-27-12-8-23(3)4)19-18(24)15-17(20)16-21-19/h15-16H,5-14,20H2,1-4H3. The third kappa shape index (κ3) is 7.50. The summed E-state index contributed by atoms with van der Waals surface area (Å²) in [6, 6.07) is 2.02. The van der Waals surface area contributed by atoms with Crippen molar-refractivity contribution in [2.45, 2.75) is 0 Å². The fourth-order valence-corrected chi connectivity index (χ4v) is 2.90. The molecule has 0 atom stereocenters. The van der Waals surface area contributed by atoms with Crippen molar-refractivity contribution >= 4 is 17.2 Å². The molecule has 0 amide bonds. The molecule has 154 valence electrons. The Balaban J connectivity index is 1.86. The summed E-state index contributed by atoms with van der Waals surface area (Å²) in [7, 11) is 8.21. The van der Waals surface area contributed by atoms with Crippen LogP contribution in [0.3, 0.4) is 0 Å². The van der Waals surface area contributed by atoms with Gasteiger partial charge < -0.3 is 34.8 Å². The lowest BCUT2D eigenvalue weighted by Gasteiger charge is -2.38. The first-order valence-corrected chi connectivity index (χ1v) is 9.67. The molecule has 8 heteroatoms. The summed E-state index contributed by atoms with van der Waals surface area (Å²) in [5.74, 6) is 0.986. The number of anilines is 3. The second-order valence-corrected chi connectivity index (χ2v) is 7.42. The van der Waals surface area contributed by atoms with E-state index in [4.69, 9.17) is 15.2 Å². The third-order valence-corrected chi connectivity index (χ3v) is 4.53. The maximum atomic E-state index is 5.99. The first kappa shape index (κ1) is 21.7. The lowest BCUT2D eigenvalue weighted by Crippen LogP contribution is -2.44. The molecule has 0 radical (unpaired) electrons. The number of ether oxygens (including phenoxy) is 2. The van der Waals surface area contributed by atoms with Crippen molar-refractivity contribution in [1.29, 1.82) is 0 Å². The predicted octanol–water partition coefficient (Wildman–Crippen LogP) is 0.447. The fraction of sp³-hybridized carbons (Fsp3) is 0.737. The van der Waals surface area contributed by atoms with Gasteiger partial charge in [0.1, 0.15) is 0 Å². The van der Waals surface area contributed by atoms with Gasteiger partial charge in [0, 0.05) is 39.3 Å². The molecule has 8 nitrogen and oxygen atoms in total. The number of fused-ring (bicyclic) bond motifs is 1. The molecule has 0 fully saturated rings. The van der Waals surface area contributed by atoms with E-state index in [1.54, 1.807) is 6.20 Å². The van der Waals surface area contributed by atoms with Gasteiger partial charge in [-0.2, -0.15) is 0 Å². The van der Waals surface area contributed by atoms with Crippen LogP contribution in [-0.2, 0) is 9.47 Å². The largest absolute Gasteiger partial charge is 0.397 e. The van der Waals surface area contributed by atoms with Crippen molar-refractivity contribution in [2.24, 2.45) is 0 Å². The number of nitrogen functional groups attached to an aromatic ring is 1. The Labute approximate surface area is 163 Å². The smallest absolute Gasteiger partial charge is 0.152 e. The summed E-state index contributed by atoms with van der Waals surface area (Å²) < 4.78 is 11.5. The van der Waals surface area contributed by atoms with E-state index in [1.165, 1.54) is 0 Å². The zero-order valence-corrected chi connectivity index (χ0v) is 17.4. The molecular formula is C19H36N6O2. The van der Waals surface area contributed by atoms with Crippen molar-refractivity contribution in [3.05, 3.63) is 12.3 Å². The summed E-state index contributed by atoms with van der Waals surface area (Å²) in [6.07, 6.45) is 1.73. The minimum absolute atomic E-state index is 0.691. The average Bonchev–Trinajstić information content (AvgIpc) is 2.61. The van der Waals surface area contributed by atoms with E-state index >= 15 is 0 Å². The summed E-state index contributed by atoms with van der Waals surface area (Å²) in [5.41, 5.74) is 7.77. The van der Waals surface area contributed by atoms with Gasteiger partial charge in [-0.25, -0.2) is 4.98 Å². The Morgan fingerprint density at radius 3 is 2.07 bits per heavy atom. The zero-order chi connectivity index (χ0) is 19.6. The number of aromatic nitrogens is 1. The molecule has 0 unspecified atom stereocenters. The van der Waals surface area contributed by atoms with Crippen molar-refractivity contribution < 1.29 is 9.47 Å². The molecule has 2 heterocycles. The van der Waals surface area contributed by atoms with E-state index in [-0.39, 0.29) is 0 Å². The number of rotatable bonds is 12. The molecular weight excluding hydrogens is 344 g/mol. The highest BCUT2D eigenvalue weighted by molar-refractivity contribution is 5.72. The molecule has 0 aliphatic carbocycles. The first-order valence-electron chi connectivity index (χ1n) is 9.67. The first-order chi connectivity index (χ1) is 13.0. The van der Waals surface area contributed by atoms with E-state index in [0.29, 0.717) is 18.9 Å². The lowest BCUT2D eigenvalue weighted by molar-refractivity contribution is 0.121. The molecule has 1 aliphatic heterocycles. The van der Waals surface area contributed by atoms with Gasteiger partial charge in [0.15, 0.2) is 5.82 Å². The highest BCUT2D eigenvalue weighted by Gasteiger charge is 2.23. The van der Waals surface area contributed by atoms with Crippen LogP contribution in [-0.4, -0.2) is 109 Å². The second kappa shape index (κ2) is 11.3. The average molecular weight is 381 g/mol. The van der Waals surface area contributed by atoms with E-state index < -0.39 is 0 Å². The number of nitrogens with zero attached hydrogens (tertiary/aromatic N) is 5. The second-order valence-electron chi connectivity index (χ2n) is 7.42. The molecule has 1 aromatic rings. The highest BCUT2D eigenvalue weighted by Crippen LogP contribution is 2.32. The topological polar surface area (TPSA) is 70.3 Å². The van der Waals surface area contributed by atoms with Crippen LogP contribution in [0.15, 0.2) is 12.3 Å². The van der Waals surface area contributed by atoms with Gasteiger partial charge in [0.2, 0.25) is 0 Å². The number of nitrogens with two attached hydrogens (primary N) is 1. The van der Waals surface area contributed by atoms with Crippen molar-refractivity contribution in [2.75, 3.05) is 109 Å². The van der Waals surface area contributed by atoms with Crippen molar-refractivity contribution in [3.8, 4) is 0 Å². The normalized spacial score (nSPS) is 14.3. The lowest BCUT2D eigenvalue weighted by atomic mass is 10.2. The zero-order valence-electron chi connectivity index (χ0n) is 17.4. The van der Waals surface area contributed by atoms with Crippen LogP contribution in [0.5, 0.6) is 0 Å². The van der Waals surface area contributed by atoms with Gasteiger partial charge in [-0.1, -0.05) is 0 Å². The Bertz CT molecular complexity index is 555. The Hall–Kier alpha value is -1.61. The quantitative estimate of drug-likeness (QED) is 0.524. The van der Waals surface area contributed by atoms with E-state index in [9.17, 15) is 0 Å². The summed E-state index contributed by atoms with van der Waals surface area (Å²) in [6.45, 7) is 8.33. The maximum absolute atomic E-state index is 5.99. The van der Waals surface area contributed by atoms with Crippen LogP contribution in [0.4, 0.5) is 17.2 Å². The third-order valence-electron chi connectivity index (χ3n) is 4.53. The summed E-state index contributed by atoms with van der Waals surface area (Å²) >= 11 is 0. The molecule has 1 aliphatic rings. The van der Waals surface area contributed by atoms with Crippen LogP contribution in [0.1, 0.15) is 0 Å². The summed E-state index contributed by atoms with van der Waals surface area (Å²) in [5, 5.41) is 0. The molecule has 1 aromatic heterocycles. The minimum Gasteiger partial charge on any atom is -0.397 e. The van der Waals surface area contributed by atoms with Crippen molar-refractivity contribution in [1.82, 2.24) is 14.8 Å². The fourth-order valence-electron chi connectivity index (χ4n) is 2.90. The van der Waals surface area contributed by atoms with Crippen LogP contribution in [0.25, 0.3) is 0 Å². The number of hydrogen-bond donors (Lipinski definition) is 1. The van der Waals surface area contributed by atoms with Gasteiger partial charge in [-0.3, -0.25) is 0 Å². The van der Waals surface area contributed by atoms with Gasteiger partial charge in [0.05, 0.1) is 44.0 Å². The van der Waals surface area contributed by atoms with E-state index in [2.05, 4.69) is 52.8 Å². The molecule has 0 aromatic carbocycles. The Morgan fingerprint density at radius 1 is 0.926 bits per heavy atom. The van der Waals surface area contributed by atoms with Crippen LogP contribution < -0.4 is 15.5 Å². The SMILES string of the molecule is CN(C)CCOCCN1CCN(CCOCCN(C)C)c2ncc(N)cc21. The molecule has 0 bridgehead atoms. The monoisotopic (exact) mass is 380 g/mol. The molecule has 2 N–H and O–H groups in total. The number of likely N-dealkylation sites (N-methyl/N-ethyl adjacent to an activating group) is 2. The van der Waals surface area contributed by atoms with Gasteiger partial charge in [0.25, 0.3) is 0 Å². The van der Waals surface area contributed by atoms with Gasteiger partial charge in [-0.15, -0.1) is 0 Å². The van der Waals surface area contributed by atoms with Crippen LogP contribution in [0.2, 0.25) is 0 Å². The molecule has 0 saturated carbocycles. The molecule has 27 heavy (non-hydrogen) atoms. The van der Waals surface area contributed by atoms with Crippen molar-refractivity contribution in [3.63, 3.8) is 0 Å². The number of hydrogen-bond acceptors (Lipinski definition) is 8. The Kier molecular flexibility index (Phi) is 9.06.